The maximum Gasteiger partial charge on any atom is 0.0779 e. The molecule has 54 valence electrons. The molecule has 0 radical (unpaired) electrons. The summed E-state index contributed by atoms with van der Waals surface area (Å²) in [7, 11) is 0. The van der Waals surface area contributed by atoms with E-state index in [-0.39, 0.29) is 0 Å². The van der Waals surface area contributed by atoms with Crippen LogP contribution in [0.4, 0.5) is 0 Å². The van der Waals surface area contributed by atoms with Gasteiger partial charge in [0.2, 0.25) is 0 Å². The molecule has 1 aromatic heterocycles. The van der Waals surface area contributed by atoms with Gasteiger partial charge in [0.15, 0.2) is 0 Å². The first-order valence-electron chi connectivity index (χ1n) is 3.30. The van der Waals surface area contributed by atoms with Crippen LogP contribution >= 0.6 is 0 Å². The fourth-order valence-corrected chi connectivity index (χ4v) is 0.914. The Morgan fingerprint density at radius 3 is 2.70 bits per heavy atom. The van der Waals surface area contributed by atoms with Gasteiger partial charge in [-0.15, -0.1) is 0 Å². The van der Waals surface area contributed by atoms with Crippen molar-refractivity contribution in [2.45, 2.75) is 20.0 Å². The van der Waals surface area contributed by atoms with Gasteiger partial charge in [-0.2, -0.15) is 0 Å². The number of hydrogen-bond donors (Lipinski definition) is 1. The lowest BCUT2D eigenvalue weighted by atomic mass is 10.1. The summed E-state index contributed by atoms with van der Waals surface area (Å²) in [6.07, 6.45) is 3.01. The van der Waals surface area contributed by atoms with Crippen LogP contribution in [0.25, 0.3) is 0 Å². The summed E-state index contributed by atoms with van der Waals surface area (Å²) in [5.74, 6) is 0. The number of rotatable bonds is 1. The summed E-state index contributed by atoms with van der Waals surface area (Å²) in [5, 5.41) is 9.16. The van der Waals surface area contributed by atoms with E-state index in [0.717, 1.165) is 11.1 Å². The van der Waals surface area contributed by atoms with Crippen LogP contribution in [0, 0.1) is 6.92 Å². The van der Waals surface area contributed by atoms with Crippen LogP contribution in [0.2, 0.25) is 0 Å². The molecule has 0 saturated heterocycles. The van der Waals surface area contributed by atoms with E-state index in [9.17, 15) is 0 Å². The fraction of sp³-hybridized carbons (Fsp3) is 0.375. The third kappa shape index (κ3) is 1.33. The van der Waals surface area contributed by atoms with E-state index in [4.69, 9.17) is 5.11 Å². The lowest BCUT2D eigenvalue weighted by Gasteiger charge is -2.05. The van der Waals surface area contributed by atoms with Crippen LogP contribution in [0.15, 0.2) is 18.5 Å². The van der Waals surface area contributed by atoms with Crippen molar-refractivity contribution in [1.82, 2.24) is 4.98 Å². The molecule has 2 nitrogen and oxygen atoms in total. The lowest BCUT2D eigenvalue weighted by Crippen LogP contribution is -1.94. The van der Waals surface area contributed by atoms with Crippen LogP contribution in [0.1, 0.15) is 24.2 Å². The van der Waals surface area contributed by atoms with Crippen molar-refractivity contribution >= 4 is 0 Å². The van der Waals surface area contributed by atoms with Crippen LogP contribution in [-0.4, -0.2) is 10.1 Å². The monoisotopic (exact) mass is 137 g/mol. The third-order valence-electron chi connectivity index (χ3n) is 1.53. The molecule has 0 fully saturated rings. The summed E-state index contributed by atoms with van der Waals surface area (Å²) in [5.41, 5.74) is 1.99. The van der Waals surface area contributed by atoms with E-state index < -0.39 is 6.10 Å². The average Bonchev–Trinajstić information content (AvgIpc) is 1.88. The molecule has 0 aliphatic heterocycles. The summed E-state index contributed by atoms with van der Waals surface area (Å²) in [6, 6.07) is 1.89. The maximum absolute atomic E-state index is 9.16. The first-order chi connectivity index (χ1) is 4.72. The van der Waals surface area contributed by atoms with E-state index in [1.807, 2.05) is 13.0 Å². The normalized spacial score (nSPS) is 13.1. The Bertz CT molecular complexity index is 220. The second-order valence-electron chi connectivity index (χ2n) is 2.41. The van der Waals surface area contributed by atoms with E-state index in [2.05, 4.69) is 4.98 Å². The van der Waals surface area contributed by atoms with Crippen LogP contribution in [0.3, 0.4) is 0 Å². The molecule has 1 rings (SSSR count). The zero-order chi connectivity index (χ0) is 7.56. The SMILES string of the molecule is Cc1ccncc1C(C)O. The molecule has 0 aliphatic carbocycles. The summed E-state index contributed by atoms with van der Waals surface area (Å²) < 4.78 is 0. The Kier molecular flexibility index (Phi) is 2.02. The van der Waals surface area contributed by atoms with Gasteiger partial charge in [-0.05, 0) is 25.5 Å². The predicted octanol–water partition coefficient (Wildman–Crippen LogP) is 1.44. The second kappa shape index (κ2) is 2.80. The topological polar surface area (TPSA) is 33.1 Å². The van der Waals surface area contributed by atoms with Crippen LogP contribution in [-0.2, 0) is 0 Å². The van der Waals surface area contributed by atoms with Crippen molar-refractivity contribution in [2.75, 3.05) is 0 Å². The summed E-state index contributed by atoms with van der Waals surface area (Å²) >= 11 is 0. The minimum Gasteiger partial charge on any atom is -0.389 e. The Labute approximate surface area is 60.5 Å². The van der Waals surface area contributed by atoms with Crippen molar-refractivity contribution in [2.24, 2.45) is 0 Å². The van der Waals surface area contributed by atoms with Crippen molar-refractivity contribution in [3.05, 3.63) is 29.6 Å². The Balaban J connectivity index is 3.03. The largest absolute Gasteiger partial charge is 0.389 e. The minimum absolute atomic E-state index is 0.409. The molecule has 0 amide bonds. The standard InChI is InChI=1S/C8H11NO/c1-6-3-4-9-5-8(6)7(2)10/h3-5,7,10H,1-2H3. The molecule has 0 bridgehead atoms. The number of aromatic nitrogens is 1. The number of nitrogens with zero attached hydrogens (tertiary/aromatic N) is 1. The highest BCUT2D eigenvalue weighted by molar-refractivity contribution is 5.22. The molecule has 1 atom stereocenters. The summed E-state index contributed by atoms with van der Waals surface area (Å²) in [6.45, 7) is 3.70. The molecule has 1 heterocycles. The first-order valence-corrected chi connectivity index (χ1v) is 3.30. The van der Waals surface area contributed by atoms with Gasteiger partial charge in [0, 0.05) is 18.0 Å². The van der Waals surface area contributed by atoms with E-state index >= 15 is 0 Å². The van der Waals surface area contributed by atoms with Gasteiger partial charge >= 0.3 is 0 Å². The number of aryl methyl sites for hydroxylation is 1. The van der Waals surface area contributed by atoms with Crippen LogP contribution in [0.5, 0.6) is 0 Å². The minimum atomic E-state index is -0.409. The molecule has 1 N–H and O–H groups in total. The van der Waals surface area contributed by atoms with Gasteiger partial charge in [-0.1, -0.05) is 0 Å². The molecular weight excluding hydrogens is 126 g/mol. The Morgan fingerprint density at radius 2 is 2.30 bits per heavy atom. The molecule has 10 heavy (non-hydrogen) atoms. The zero-order valence-electron chi connectivity index (χ0n) is 6.20. The van der Waals surface area contributed by atoms with Gasteiger partial charge in [0.1, 0.15) is 0 Å². The average molecular weight is 137 g/mol. The van der Waals surface area contributed by atoms with Gasteiger partial charge in [0.05, 0.1) is 6.10 Å². The maximum atomic E-state index is 9.16. The number of aliphatic hydroxyl groups is 1. The quantitative estimate of drug-likeness (QED) is 0.635. The second-order valence-corrected chi connectivity index (χ2v) is 2.41. The molecule has 0 aliphatic rings. The van der Waals surface area contributed by atoms with E-state index in [1.165, 1.54) is 0 Å². The summed E-state index contributed by atoms with van der Waals surface area (Å²) in [4.78, 5) is 3.91. The smallest absolute Gasteiger partial charge is 0.0779 e. The first kappa shape index (κ1) is 7.22. The zero-order valence-corrected chi connectivity index (χ0v) is 6.20. The number of pyridine rings is 1. The number of aliphatic hydroxyl groups excluding tert-OH is 1. The molecule has 0 aromatic carbocycles. The highest BCUT2D eigenvalue weighted by Gasteiger charge is 2.02. The molecular formula is C8H11NO. The van der Waals surface area contributed by atoms with E-state index in [1.54, 1.807) is 19.3 Å². The van der Waals surface area contributed by atoms with Gasteiger partial charge < -0.3 is 5.11 Å². The van der Waals surface area contributed by atoms with Crippen LogP contribution < -0.4 is 0 Å². The van der Waals surface area contributed by atoms with E-state index in [0.29, 0.717) is 0 Å². The Morgan fingerprint density at radius 1 is 1.60 bits per heavy atom. The molecule has 1 aromatic rings. The van der Waals surface area contributed by atoms with Gasteiger partial charge in [-0.3, -0.25) is 4.98 Å². The third-order valence-corrected chi connectivity index (χ3v) is 1.53. The van der Waals surface area contributed by atoms with Crippen molar-refractivity contribution in [3.8, 4) is 0 Å². The number of hydrogen-bond acceptors (Lipinski definition) is 2. The highest BCUT2D eigenvalue weighted by atomic mass is 16.3. The van der Waals surface area contributed by atoms with Crippen molar-refractivity contribution in [3.63, 3.8) is 0 Å². The van der Waals surface area contributed by atoms with Crippen molar-refractivity contribution < 1.29 is 5.11 Å². The highest BCUT2D eigenvalue weighted by Crippen LogP contribution is 2.13. The molecule has 1 unspecified atom stereocenters. The lowest BCUT2D eigenvalue weighted by molar-refractivity contribution is 0.198. The predicted molar refractivity (Wildman–Crippen MR) is 39.6 cm³/mol. The molecule has 0 saturated carbocycles. The Hall–Kier alpha value is -0.890. The molecule has 2 heteroatoms. The van der Waals surface area contributed by atoms with Crippen molar-refractivity contribution in [1.29, 1.82) is 0 Å². The van der Waals surface area contributed by atoms with Gasteiger partial charge in [0.25, 0.3) is 0 Å². The fourth-order valence-electron chi connectivity index (χ4n) is 0.914. The molecule has 0 spiro atoms. The van der Waals surface area contributed by atoms with Gasteiger partial charge in [-0.25, -0.2) is 0 Å².